The van der Waals surface area contributed by atoms with Crippen molar-refractivity contribution in [1.29, 1.82) is 0 Å². The molecule has 0 atom stereocenters. The Balaban J connectivity index is 1.62. The van der Waals surface area contributed by atoms with E-state index in [1.807, 2.05) is 41.8 Å². The first-order valence-corrected chi connectivity index (χ1v) is 12.2. The van der Waals surface area contributed by atoms with Crippen molar-refractivity contribution < 1.29 is 9.53 Å². The summed E-state index contributed by atoms with van der Waals surface area (Å²) >= 11 is 4.80. The number of carbonyl (C=O) groups excluding carboxylic acids is 1. The van der Waals surface area contributed by atoms with Crippen LogP contribution in [0.25, 0.3) is 0 Å². The van der Waals surface area contributed by atoms with Crippen molar-refractivity contribution in [2.45, 2.75) is 51.9 Å². The molecule has 0 aliphatic heterocycles. The summed E-state index contributed by atoms with van der Waals surface area (Å²) in [7, 11) is 0. The van der Waals surface area contributed by atoms with E-state index in [1.54, 1.807) is 0 Å². The fourth-order valence-electron chi connectivity index (χ4n) is 3.24. The minimum Gasteiger partial charge on any atom is -0.486 e. The summed E-state index contributed by atoms with van der Waals surface area (Å²) in [5.74, 6) is 1.73. The highest BCUT2D eigenvalue weighted by atomic mass is 79.9. The zero-order chi connectivity index (χ0) is 22.2. The first kappa shape index (κ1) is 23.3. The average Bonchev–Trinajstić information content (AvgIpc) is 3.19. The maximum Gasteiger partial charge on any atom is 0.234 e. The molecule has 0 fully saturated rings. The number of aryl methyl sites for hydroxylation is 2. The van der Waals surface area contributed by atoms with Gasteiger partial charge in [-0.05, 0) is 55.2 Å². The molecule has 0 aliphatic carbocycles. The zero-order valence-corrected chi connectivity index (χ0v) is 20.4. The number of carbonyl (C=O) groups is 1. The third-order valence-electron chi connectivity index (χ3n) is 4.89. The van der Waals surface area contributed by atoms with Crippen LogP contribution in [0, 0.1) is 0 Å². The minimum atomic E-state index is -0.0427. The van der Waals surface area contributed by atoms with E-state index in [0.29, 0.717) is 18.3 Å². The number of aromatic nitrogens is 3. The molecule has 0 saturated heterocycles. The lowest BCUT2D eigenvalue weighted by atomic mass is 10.0. The van der Waals surface area contributed by atoms with Crippen molar-refractivity contribution in [3.8, 4) is 5.75 Å². The number of anilines is 1. The van der Waals surface area contributed by atoms with Gasteiger partial charge < -0.3 is 14.6 Å². The summed E-state index contributed by atoms with van der Waals surface area (Å²) in [6.07, 6.45) is 1.75. The number of para-hydroxylation sites is 1. The van der Waals surface area contributed by atoms with Crippen LogP contribution in [0.1, 0.15) is 37.7 Å². The molecule has 1 heterocycles. The molecule has 3 aromatic rings. The summed E-state index contributed by atoms with van der Waals surface area (Å²) in [6, 6.07) is 13.8. The fraction of sp³-hybridized carbons (Fsp3) is 0.348. The van der Waals surface area contributed by atoms with E-state index in [0.717, 1.165) is 45.7 Å². The van der Waals surface area contributed by atoms with Gasteiger partial charge in [-0.3, -0.25) is 4.79 Å². The van der Waals surface area contributed by atoms with Gasteiger partial charge >= 0.3 is 0 Å². The highest BCUT2D eigenvalue weighted by Crippen LogP contribution is 2.24. The maximum atomic E-state index is 12.6. The Bertz CT molecular complexity index is 999. The van der Waals surface area contributed by atoms with Crippen molar-refractivity contribution in [2.24, 2.45) is 0 Å². The molecule has 0 unspecified atom stereocenters. The number of rotatable bonds is 10. The van der Waals surface area contributed by atoms with Gasteiger partial charge in [0.1, 0.15) is 12.4 Å². The van der Waals surface area contributed by atoms with E-state index in [9.17, 15) is 4.79 Å². The SMILES string of the molecule is CCc1cccc(CC)c1NC(=O)CSc1nnc(COc2ccc(Br)cc2)n1CC. The summed E-state index contributed by atoms with van der Waals surface area (Å²) in [6.45, 7) is 7.25. The number of amides is 1. The lowest BCUT2D eigenvalue weighted by Gasteiger charge is -2.14. The quantitative estimate of drug-likeness (QED) is 0.371. The van der Waals surface area contributed by atoms with Crippen LogP contribution in [0.15, 0.2) is 52.1 Å². The van der Waals surface area contributed by atoms with Gasteiger partial charge in [0, 0.05) is 16.7 Å². The van der Waals surface area contributed by atoms with E-state index >= 15 is 0 Å². The topological polar surface area (TPSA) is 69.0 Å². The number of hydrogen-bond acceptors (Lipinski definition) is 5. The number of ether oxygens (including phenoxy) is 1. The number of halogens is 1. The van der Waals surface area contributed by atoms with Crippen LogP contribution >= 0.6 is 27.7 Å². The number of nitrogens with one attached hydrogen (secondary N) is 1. The van der Waals surface area contributed by atoms with Gasteiger partial charge in [-0.25, -0.2) is 0 Å². The second kappa shape index (κ2) is 11.3. The smallest absolute Gasteiger partial charge is 0.234 e. The standard InChI is InChI=1S/C23H27BrN4O2S/c1-4-16-8-7-9-17(5-2)22(16)25-21(29)15-31-23-27-26-20(28(23)6-3)14-30-19-12-10-18(24)11-13-19/h7-13H,4-6,14-15H2,1-3H3,(H,25,29). The summed E-state index contributed by atoms with van der Waals surface area (Å²) in [5, 5.41) is 12.3. The van der Waals surface area contributed by atoms with E-state index in [2.05, 4.69) is 57.4 Å². The van der Waals surface area contributed by atoms with Gasteiger partial charge in [0.2, 0.25) is 5.91 Å². The Kier molecular flexibility index (Phi) is 8.54. The normalized spacial score (nSPS) is 10.8. The molecule has 1 N–H and O–H groups in total. The van der Waals surface area contributed by atoms with Crippen molar-refractivity contribution >= 4 is 39.3 Å². The minimum absolute atomic E-state index is 0.0427. The second-order valence-electron chi connectivity index (χ2n) is 6.88. The van der Waals surface area contributed by atoms with E-state index in [1.165, 1.54) is 11.8 Å². The summed E-state index contributed by atoms with van der Waals surface area (Å²) in [5.41, 5.74) is 3.25. The number of benzene rings is 2. The van der Waals surface area contributed by atoms with Crippen LogP contribution in [0.5, 0.6) is 5.75 Å². The van der Waals surface area contributed by atoms with Gasteiger partial charge in [0.05, 0.1) is 5.75 Å². The summed E-state index contributed by atoms with van der Waals surface area (Å²) < 4.78 is 8.81. The highest BCUT2D eigenvalue weighted by Gasteiger charge is 2.15. The maximum absolute atomic E-state index is 12.6. The van der Waals surface area contributed by atoms with Gasteiger partial charge in [0.25, 0.3) is 0 Å². The van der Waals surface area contributed by atoms with Gasteiger partial charge in [-0.2, -0.15) is 0 Å². The van der Waals surface area contributed by atoms with E-state index in [-0.39, 0.29) is 11.7 Å². The molecule has 164 valence electrons. The predicted octanol–water partition coefficient (Wildman–Crippen LogP) is 5.50. The van der Waals surface area contributed by atoms with Crippen molar-refractivity contribution in [2.75, 3.05) is 11.1 Å². The Morgan fingerprint density at radius 1 is 1.06 bits per heavy atom. The molecule has 6 nitrogen and oxygen atoms in total. The Hall–Kier alpha value is -2.32. The monoisotopic (exact) mass is 502 g/mol. The molecular formula is C23H27BrN4O2S. The van der Waals surface area contributed by atoms with E-state index < -0.39 is 0 Å². The van der Waals surface area contributed by atoms with Crippen LogP contribution in [0.2, 0.25) is 0 Å². The predicted molar refractivity (Wildman–Crippen MR) is 129 cm³/mol. The third-order valence-corrected chi connectivity index (χ3v) is 6.38. The molecule has 0 bridgehead atoms. The van der Waals surface area contributed by atoms with E-state index in [4.69, 9.17) is 4.74 Å². The Labute approximate surface area is 195 Å². The third kappa shape index (κ3) is 6.11. The molecule has 0 radical (unpaired) electrons. The van der Waals surface area contributed by atoms with Crippen LogP contribution < -0.4 is 10.1 Å². The van der Waals surface area contributed by atoms with Gasteiger partial charge in [-0.15, -0.1) is 10.2 Å². The molecule has 0 aliphatic rings. The summed E-state index contributed by atoms with van der Waals surface area (Å²) in [4.78, 5) is 12.6. The highest BCUT2D eigenvalue weighted by molar-refractivity contribution is 9.10. The van der Waals surface area contributed by atoms with Gasteiger partial charge in [0.15, 0.2) is 11.0 Å². The molecular weight excluding hydrogens is 476 g/mol. The van der Waals surface area contributed by atoms with Crippen LogP contribution in [0.3, 0.4) is 0 Å². The molecule has 1 amide bonds. The first-order valence-electron chi connectivity index (χ1n) is 10.4. The lowest BCUT2D eigenvalue weighted by Crippen LogP contribution is -2.17. The number of nitrogens with zero attached hydrogens (tertiary/aromatic N) is 3. The largest absolute Gasteiger partial charge is 0.486 e. The van der Waals surface area contributed by atoms with Crippen molar-refractivity contribution in [3.63, 3.8) is 0 Å². The van der Waals surface area contributed by atoms with Crippen LogP contribution in [-0.4, -0.2) is 26.4 Å². The van der Waals surface area contributed by atoms with Crippen LogP contribution in [0.4, 0.5) is 5.69 Å². The molecule has 3 rings (SSSR count). The van der Waals surface area contributed by atoms with Crippen molar-refractivity contribution in [1.82, 2.24) is 14.8 Å². The van der Waals surface area contributed by atoms with Crippen LogP contribution in [-0.2, 0) is 30.8 Å². The van der Waals surface area contributed by atoms with Gasteiger partial charge in [-0.1, -0.05) is 59.7 Å². The fourth-order valence-corrected chi connectivity index (χ4v) is 4.32. The average molecular weight is 503 g/mol. The number of thioether (sulfide) groups is 1. The first-order chi connectivity index (χ1) is 15.0. The lowest BCUT2D eigenvalue weighted by molar-refractivity contribution is -0.113. The molecule has 1 aromatic heterocycles. The number of hydrogen-bond donors (Lipinski definition) is 1. The molecule has 31 heavy (non-hydrogen) atoms. The molecule has 0 spiro atoms. The Morgan fingerprint density at radius 2 is 1.74 bits per heavy atom. The van der Waals surface area contributed by atoms with Crippen molar-refractivity contribution in [3.05, 3.63) is 63.9 Å². The second-order valence-corrected chi connectivity index (χ2v) is 8.74. The molecule has 0 saturated carbocycles. The molecule has 2 aromatic carbocycles. The Morgan fingerprint density at radius 3 is 2.35 bits per heavy atom. The zero-order valence-electron chi connectivity index (χ0n) is 18.0. The molecule has 8 heteroatoms.